The zero-order valence-electron chi connectivity index (χ0n) is 15.7. The molecule has 1 aliphatic heterocycles. The zero-order chi connectivity index (χ0) is 20.1. The number of rotatable bonds is 4. The Morgan fingerprint density at radius 3 is 2.61 bits per heavy atom. The molecule has 1 aliphatic rings. The van der Waals surface area contributed by atoms with E-state index < -0.39 is 16.1 Å². The molecule has 6 nitrogen and oxygen atoms in total. The number of fused-ring (bicyclic) bond motifs is 1. The van der Waals surface area contributed by atoms with Gasteiger partial charge in [-0.3, -0.25) is 0 Å². The van der Waals surface area contributed by atoms with Gasteiger partial charge in [0, 0.05) is 49.3 Å². The quantitative estimate of drug-likeness (QED) is 0.680. The summed E-state index contributed by atoms with van der Waals surface area (Å²) in [6, 6.07) is 12.8. The molecule has 28 heavy (non-hydrogen) atoms. The van der Waals surface area contributed by atoms with Crippen LogP contribution in [0.15, 0.2) is 47.4 Å². The van der Waals surface area contributed by atoms with Gasteiger partial charge >= 0.3 is 0 Å². The number of para-hydroxylation sites is 1. The normalized spacial score (nSPS) is 17.8. The summed E-state index contributed by atoms with van der Waals surface area (Å²) in [6.45, 7) is 1.20. The molecule has 0 bridgehead atoms. The van der Waals surface area contributed by atoms with Crippen molar-refractivity contribution in [2.24, 2.45) is 0 Å². The second kappa shape index (κ2) is 7.08. The van der Waals surface area contributed by atoms with Crippen LogP contribution in [0.3, 0.4) is 0 Å². The van der Waals surface area contributed by atoms with Crippen molar-refractivity contribution in [2.45, 2.75) is 17.4 Å². The third-order valence-electron chi connectivity index (χ3n) is 5.16. The molecule has 0 aliphatic carbocycles. The summed E-state index contributed by atoms with van der Waals surface area (Å²) in [4.78, 5) is 5.60. The number of aromatic amines is 1. The summed E-state index contributed by atoms with van der Waals surface area (Å²) in [7, 11) is -0.574. The maximum atomic E-state index is 12.7. The molecule has 3 aromatic rings. The monoisotopic (exact) mass is 419 g/mol. The molecule has 148 valence electrons. The van der Waals surface area contributed by atoms with E-state index in [1.165, 1.54) is 18.4 Å². The molecular formula is C20H22ClN3O3S. The van der Waals surface area contributed by atoms with Crippen LogP contribution >= 0.6 is 11.6 Å². The number of nitrogens with zero attached hydrogens (tertiary/aromatic N) is 2. The van der Waals surface area contributed by atoms with Gasteiger partial charge in [0.15, 0.2) is 0 Å². The lowest BCUT2D eigenvalue weighted by Crippen LogP contribution is -2.24. The van der Waals surface area contributed by atoms with Gasteiger partial charge in [0.2, 0.25) is 10.0 Å². The number of sulfonamides is 1. The molecule has 0 saturated carbocycles. The number of β-amino-alcohol motifs (C(OH)–C–C–N with tert-alkyl or cyclic N) is 1. The molecule has 8 heteroatoms. The number of H-pyrrole nitrogens is 1. The highest BCUT2D eigenvalue weighted by Gasteiger charge is 2.27. The summed E-state index contributed by atoms with van der Waals surface area (Å²) >= 11 is 6.67. The Hall–Kier alpha value is -2.06. The molecule has 0 amide bonds. The fourth-order valence-corrected chi connectivity index (χ4v) is 4.86. The lowest BCUT2D eigenvalue weighted by atomic mass is 10.1. The molecule has 1 atom stereocenters. The van der Waals surface area contributed by atoms with E-state index >= 15 is 0 Å². The van der Waals surface area contributed by atoms with Crippen LogP contribution in [0.5, 0.6) is 0 Å². The number of hydrogen-bond acceptors (Lipinski definition) is 4. The van der Waals surface area contributed by atoms with Crippen LogP contribution in [0.25, 0.3) is 22.2 Å². The van der Waals surface area contributed by atoms with Crippen LogP contribution in [0.2, 0.25) is 5.02 Å². The number of aromatic nitrogens is 1. The van der Waals surface area contributed by atoms with E-state index in [1.807, 2.05) is 24.3 Å². The van der Waals surface area contributed by atoms with Gasteiger partial charge in [-0.15, -0.1) is 0 Å². The molecular weight excluding hydrogens is 398 g/mol. The number of aliphatic hydroxyl groups excluding tert-OH is 1. The molecule has 1 aromatic heterocycles. The third kappa shape index (κ3) is 3.18. The van der Waals surface area contributed by atoms with Crippen molar-refractivity contribution in [3.8, 4) is 11.3 Å². The highest BCUT2D eigenvalue weighted by molar-refractivity contribution is 7.89. The maximum Gasteiger partial charge on any atom is 0.242 e. The van der Waals surface area contributed by atoms with Crippen molar-refractivity contribution < 1.29 is 13.5 Å². The number of nitrogens with one attached hydrogen (secondary N) is 1. The van der Waals surface area contributed by atoms with Crippen LogP contribution in [0.1, 0.15) is 6.42 Å². The van der Waals surface area contributed by atoms with E-state index in [9.17, 15) is 13.5 Å². The number of aliphatic hydroxyl groups is 1. The fourth-order valence-electron chi connectivity index (χ4n) is 3.62. The number of benzene rings is 2. The topological polar surface area (TPSA) is 76.6 Å². The summed E-state index contributed by atoms with van der Waals surface area (Å²) < 4.78 is 26.6. The molecule has 2 N–H and O–H groups in total. The maximum absolute atomic E-state index is 12.7. The largest absolute Gasteiger partial charge is 0.391 e. The van der Waals surface area contributed by atoms with Crippen molar-refractivity contribution in [2.75, 3.05) is 32.1 Å². The van der Waals surface area contributed by atoms with Crippen LogP contribution in [-0.4, -0.2) is 56.1 Å². The first-order chi connectivity index (χ1) is 13.3. The van der Waals surface area contributed by atoms with E-state index in [2.05, 4.69) is 9.88 Å². The Balaban J connectivity index is 1.94. The lowest BCUT2D eigenvalue weighted by Gasteiger charge is -2.23. The van der Waals surface area contributed by atoms with Gasteiger partial charge in [-0.05, 0) is 30.7 Å². The first-order valence-corrected chi connectivity index (χ1v) is 10.9. The second-order valence-corrected chi connectivity index (χ2v) is 9.74. The number of hydrogen-bond donors (Lipinski definition) is 2. The van der Waals surface area contributed by atoms with Crippen LogP contribution in [0, 0.1) is 0 Å². The summed E-state index contributed by atoms with van der Waals surface area (Å²) in [5.74, 6) is 0. The first kappa shape index (κ1) is 19.3. The molecule has 2 aromatic carbocycles. The van der Waals surface area contributed by atoms with E-state index in [0.717, 1.165) is 16.6 Å². The van der Waals surface area contributed by atoms with Crippen molar-refractivity contribution in [1.29, 1.82) is 0 Å². The van der Waals surface area contributed by atoms with Crippen LogP contribution in [-0.2, 0) is 10.0 Å². The first-order valence-electron chi connectivity index (χ1n) is 9.05. The summed E-state index contributed by atoms with van der Waals surface area (Å²) in [6.07, 6.45) is 0.286. The molecule has 1 fully saturated rings. The minimum atomic E-state index is -3.59. The summed E-state index contributed by atoms with van der Waals surface area (Å²) in [5.41, 5.74) is 3.12. The highest BCUT2D eigenvalue weighted by atomic mass is 35.5. The van der Waals surface area contributed by atoms with Crippen LogP contribution in [0.4, 0.5) is 5.69 Å². The Morgan fingerprint density at radius 1 is 1.21 bits per heavy atom. The van der Waals surface area contributed by atoms with Crippen LogP contribution < -0.4 is 4.90 Å². The van der Waals surface area contributed by atoms with Crippen molar-refractivity contribution in [3.63, 3.8) is 0 Å². The van der Waals surface area contributed by atoms with E-state index in [0.29, 0.717) is 35.8 Å². The second-order valence-electron chi connectivity index (χ2n) is 7.21. The Morgan fingerprint density at radius 2 is 1.96 bits per heavy atom. The smallest absolute Gasteiger partial charge is 0.242 e. The molecule has 0 radical (unpaired) electrons. The average molecular weight is 420 g/mol. The minimum Gasteiger partial charge on any atom is -0.391 e. The SMILES string of the molecule is CN(C)S(=O)(=O)c1ccc(N2CC[C@H](O)C2)c(-c2[nH]c3ccccc3c2Cl)c1. The Kier molecular flexibility index (Phi) is 4.87. The van der Waals surface area contributed by atoms with Gasteiger partial charge in [-0.25, -0.2) is 12.7 Å². The van der Waals surface area contributed by atoms with Gasteiger partial charge in [0.1, 0.15) is 0 Å². The molecule has 0 unspecified atom stereocenters. The molecule has 0 spiro atoms. The molecule has 4 rings (SSSR count). The lowest BCUT2D eigenvalue weighted by molar-refractivity contribution is 0.198. The van der Waals surface area contributed by atoms with Gasteiger partial charge in [-0.2, -0.15) is 0 Å². The third-order valence-corrected chi connectivity index (χ3v) is 7.37. The number of anilines is 1. The number of halogens is 1. The fraction of sp³-hybridized carbons (Fsp3) is 0.300. The van der Waals surface area contributed by atoms with Crippen molar-refractivity contribution in [1.82, 2.24) is 9.29 Å². The van der Waals surface area contributed by atoms with Crippen molar-refractivity contribution in [3.05, 3.63) is 47.5 Å². The summed E-state index contributed by atoms with van der Waals surface area (Å²) in [5, 5.41) is 11.4. The van der Waals surface area contributed by atoms with Gasteiger partial charge in [0.25, 0.3) is 0 Å². The standard InChI is InChI=1S/C20H22ClN3O3S/c1-23(2)28(26,27)14-7-8-18(24-10-9-13(25)12-24)16(11-14)20-19(21)15-5-3-4-6-17(15)22-20/h3-8,11,13,22,25H,9-10,12H2,1-2H3/t13-/m0/s1. The molecule has 2 heterocycles. The molecule has 1 saturated heterocycles. The Bertz CT molecular complexity index is 1140. The van der Waals surface area contributed by atoms with Gasteiger partial charge in [0.05, 0.1) is 21.7 Å². The van der Waals surface area contributed by atoms with E-state index in [-0.39, 0.29) is 4.90 Å². The van der Waals surface area contributed by atoms with E-state index in [4.69, 9.17) is 11.6 Å². The van der Waals surface area contributed by atoms with Gasteiger partial charge in [-0.1, -0.05) is 29.8 Å². The zero-order valence-corrected chi connectivity index (χ0v) is 17.3. The predicted molar refractivity (Wildman–Crippen MR) is 112 cm³/mol. The van der Waals surface area contributed by atoms with Gasteiger partial charge < -0.3 is 15.0 Å². The predicted octanol–water partition coefficient (Wildman–Crippen LogP) is 3.31. The average Bonchev–Trinajstić information content (AvgIpc) is 3.25. The van der Waals surface area contributed by atoms with Crippen molar-refractivity contribution >= 4 is 38.2 Å². The van der Waals surface area contributed by atoms with E-state index in [1.54, 1.807) is 18.2 Å². The Labute approximate surface area is 169 Å². The highest BCUT2D eigenvalue weighted by Crippen LogP contribution is 2.41. The minimum absolute atomic E-state index is 0.200.